The number of anilines is 1. The van der Waals surface area contributed by atoms with Gasteiger partial charge in [0.15, 0.2) is 6.61 Å². The summed E-state index contributed by atoms with van der Waals surface area (Å²) in [5.74, 6) is -1.87. The largest absolute Gasteiger partial charge is 0.484 e. The van der Waals surface area contributed by atoms with Gasteiger partial charge in [-0.25, -0.2) is 5.43 Å². The molecular formula is C18H17ClN4O4. The van der Waals surface area contributed by atoms with E-state index in [9.17, 15) is 14.4 Å². The van der Waals surface area contributed by atoms with Crippen LogP contribution in [-0.2, 0) is 14.4 Å². The third-order valence-corrected chi connectivity index (χ3v) is 3.54. The van der Waals surface area contributed by atoms with E-state index < -0.39 is 17.7 Å². The molecule has 2 aromatic rings. The molecule has 0 unspecified atom stereocenters. The quantitative estimate of drug-likeness (QED) is 0.395. The second-order valence-electron chi connectivity index (χ2n) is 5.38. The summed E-state index contributed by atoms with van der Waals surface area (Å²) in [6, 6.07) is 13.0. The van der Waals surface area contributed by atoms with Gasteiger partial charge < -0.3 is 15.8 Å². The van der Waals surface area contributed by atoms with Gasteiger partial charge in [-0.05, 0) is 61.0 Å². The fourth-order valence-corrected chi connectivity index (χ4v) is 2.04. The van der Waals surface area contributed by atoms with Gasteiger partial charge in [-0.3, -0.25) is 14.4 Å². The van der Waals surface area contributed by atoms with E-state index in [0.29, 0.717) is 27.7 Å². The molecule has 0 aliphatic rings. The molecule has 0 aromatic heterocycles. The first kappa shape index (κ1) is 19.9. The predicted octanol–water partition coefficient (Wildman–Crippen LogP) is 1.68. The number of nitrogens with zero attached hydrogens (tertiary/aromatic N) is 1. The van der Waals surface area contributed by atoms with Crippen LogP contribution < -0.4 is 21.2 Å². The minimum Gasteiger partial charge on any atom is -0.484 e. The summed E-state index contributed by atoms with van der Waals surface area (Å²) in [5.41, 5.74) is 8.80. The van der Waals surface area contributed by atoms with Crippen molar-refractivity contribution < 1.29 is 19.1 Å². The van der Waals surface area contributed by atoms with Crippen LogP contribution in [0.5, 0.6) is 5.75 Å². The zero-order valence-corrected chi connectivity index (χ0v) is 15.1. The van der Waals surface area contributed by atoms with Crippen LogP contribution in [0.3, 0.4) is 0 Å². The SMILES string of the molecule is C/C(=N\NC(=O)C(=O)Nc1ccc(Cl)cc1)c1ccc(OCC(N)=O)cc1. The van der Waals surface area contributed by atoms with Crippen LogP contribution in [0.4, 0.5) is 5.69 Å². The molecule has 8 nitrogen and oxygen atoms in total. The number of carbonyl (C=O) groups is 3. The summed E-state index contributed by atoms with van der Waals surface area (Å²) < 4.78 is 5.15. The number of ether oxygens (including phenoxy) is 1. The average Bonchev–Trinajstić information content (AvgIpc) is 2.66. The molecule has 0 spiro atoms. The number of hydrazone groups is 1. The molecule has 140 valence electrons. The Bertz CT molecular complexity index is 864. The molecule has 0 bridgehead atoms. The average molecular weight is 389 g/mol. The van der Waals surface area contributed by atoms with Crippen LogP contribution in [0, 0.1) is 0 Å². The first-order valence-corrected chi connectivity index (χ1v) is 8.15. The number of nitrogens with one attached hydrogen (secondary N) is 2. The van der Waals surface area contributed by atoms with Gasteiger partial charge in [0.1, 0.15) is 5.75 Å². The summed E-state index contributed by atoms with van der Waals surface area (Å²) in [7, 11) is 0. The number of halogens is 1. The van der Waals surface area contributed by atoms with E-state index in [1.165, 1.54) is 0 Å². The van der Waals surface area contributed by atoms with E-state index in [4.69, 9.17) is 22.1 Å². The van der Waals surface area contributed by atoms with Gasteiger partial charge in [-0.1, -0.05) is 11.6 Å². The van der Waals surface area contributed by atoms with Gasteiger partial charge in [0.25, 0.3) is 5.91 Å². The van der Waals surface area contributed by atoms with Crippen LogP contribution in [0.2, 0.25) is 5.02 Å². The van der Waals surface area contributed by atoms with Crippen LogP contribution in [0.15, 0.2) is 53.6 Å². The van der Waals surface area contributed by atoms with Crippen molar-refractivity contribution in [3.63, 3.8) is 0 Å². The number of hydrogen-bond acceptors (Lipinski definition) is 5. The Labute approximate surface area is 160 Å². The summed E-state index contributed by atoms with van der Waals surface area (Å²) in [6.07, 6.45) is 0. The lowest BCUT2D eigenvalue weighted by Gasteiger charge is -2.06. The van der Waals surface area contributed by atoms with E-state index in [1.54, 1.807) is 55.5 Å². The fourth-order valence-electron chi connectivity index (χ4n) is 1.92. The lowest BCUT2D eigenvalue weighted by Crippen LogP contribution is -2.32. The van der Waals surface area contributed by atoms with Gasteiger partial charge in [0, 0.05) is 10.7 Å². The number of benzene rings is 2. The maximum atomic E-state index is 11.8. The molecule has 0 saturated carbocycles. The first-order valence-electron chi connectivity index (χ1n) is 7.78. The van der Waals surface area contributed by atoms with Gasteiger partial charge in [0.2, 0.25) is 0 Å². The third kappa shape index (κ3) is 6.44. The minimum atomic E-state index is -0.911. The molecule has 2 rings (SSSR count). The van der Waals surface area contributed by atoms with Crippen LogP contribution in [0.25, 0.3) is 0 Å². The van der Waals surface area contributed by atoms with E-state index in [2.05, 4.69) is 15.8 Å². The number of primary amides is 1. The van der Waals surface area contributed by atoms with Crippen molar-refractivity contribution in [3.05, 3.63) is 59.1 Å². The van der Waals surface area contributed by atoms with Crippen molar-refractivity contribution >= 4 is 40.7 Å². The van der Waals surface area contributed by atoms with Crippen molar-refractivity contribution in [3.8, 4) is 5.75 Å². The zero-order valence-electron chi connectivity index (χ0n) is 14.4. The standard InChI is InChI=1S/C18H17ClN4O4/c1-11(12-2-8-15(9-3-12)27-10-16(20)24)22-23-18(26)17(25)21-14-6-4-13(19)5-7-14/h2-9H,10H2,1H3,(H2,20,24)(H,21,25)(H,23,26)/b22-11+. The summed E-state index contributed by atoms with van der Waals surface area (Å²) in [6.45, 7) is 1.45. The number of carbonyl (C=O) groups excluding carboxylic acids is 3. The van der Waals surface area contributed by atoms with Crippen molar-refractivity contribution in [1.29, 1.82) is 0 Å². The Morgan fingerprint density at radius 3 is 2.26 bits per heavy atom. The molecule has 9 heteroatoms. The maximum absolute atomic E-state index is 11.8. The minimum absolute atomic E-state index is 0.217. The van der Waals surface area contributed by atoms with Crippen LogP contribution in [0.1, 0.15) is 12.5 Å². The Morgan fingerprint density at radius 2 is 1.67 bits per heavy atom. The van der Waals surface area contributed by atoms with E-state index in [0.717, 1.165) is 0 Å². The van der Waals surface area contributed by atoms with Crippen LogP contribution >= 0.6 is 11.6 Å². The van der Waals surface area contributed by atoms with Gasteiger partial charge in [-0.2, -0.15) is 5.10 Å². The lowest BCUT2D eigenvalue weighted by atomic mass is 10.1. The summed E-state index contributed by atoms with van der Waals surface area (Å²) in [5, 5.41) is 6.84. The predicted molar refractivity (Wildman–Crippen MR) is 102 cm³/mol. The number of hydrogen-bond donors (Lipinski definition) is 3. The second kappa shape index (κ2) is 9.35. The highest BCUT2D eigenvalue weighted by Gasteiger charge is 2.13. The van der Waals surface area contributed by atoms with Crippen LogP contribution in [-0.4, -0.2) is 30.0 Å². The van der Waals surface area contributed by atoms with Crippen molar-refractivity contribution in [2.75, 3.05) is 11.9 Å². The first-order chi connectivity index (χ1) is 12.8. The summed E-state index contributed by atoms with van der Waals surface area (Å²) in [4.78, 5) is 34.4. The highest BCUT2D eigenvalue weighted by atomic mass is 35.5. The van der Waals surface area contributed by atoms with Gasteiger partial charge in [-0.15, -0.1) is 0 Å². The zero-order chi connectivity index (χ0) is 19.8. The molecule has 0 heterocycles. The maximum Gasteiger partial charge on any atom is 0.329 e. The van der Waals surface area contributed by atoms with Gasteiger partial charge >= 0.3 is 11.8 Å². The number of nitrogens with two attached hydrogens (primary N) is 1. The molecule has 4 N–H and O–H groups in total. The Kier molecular flexibility index (Phi) is 6.90. The molecule has 0 atom stereocenters. The highest BCUT2D eigenvalue weighted by Crippen LogP contribution is 2.14. The molecule has 27 heavy (non-hydrogen) atoms. The third-order valence-electron chi connectivity index (χ3n) is 3.29. The smallest absolute Gasteiger partial charge is 0.329 e. The Morgan fingerprint density at radius 1 is 1.04 bits per heavy atom. The molecule has 0 aliphatic heterocycles. The van der Waals surface area contributed by atoms with E-state index in [1.807, 2.05) is 0 Å². The topological polar surface area (TPSA) is 123 Å². The van der Waals surface area contributed by atoms with Gasteiger partial charge in [0.05, 0.1) is 5.71 Å². The van der Waals surface area contributed by atoms with Crippen molar-refractivity contribution in [1.82, 2.24) is 5.43 Å². The molecular weight excluding hydrogens is 372 g/mol. The fraction of sp³-hybridized carbons (Fsp3) is 0.111. The second-order valence-corrected chi connectivity index (χ2v) is 5.81. The van der Waals surface area contributed by atoms with E-state index >= 15 is 0 Å². The van der Waals surface area contributed by atoms with Crippen molar-refractivity contribution in [2.24, 2.45) is 10.8 Å². The molecule has 0 radical (unpaired) electrons. The number of amides is 3. The highest BCUT2D eigenvalue weighted by molar-refractivity contribution is 6.39. The summed E-state index contributed by atoms with van der Waals surface area (Å²) >= 11 is 5.76. The van der Waals surface area contributed by atoms with Crippen molar-refractivity contribution in [2.45, 2.75) is 6.92 Å². The Hall–Kier alpha value is -3.39. The Balaban J connectivity index is 1.91. The molecule has 3 amide bonds. The van der Waals surface area contributed by atoms with E-state index in [-0.39, 0.29) is 6.61 Å². The normalized spacial score (nSPS) is 10.8. The molecule has 2 aromatic carbocycles. The lowest BCUT2D eigenvalue weighted by molar-refractivity contribution is -0.136. The molecule has 0 aliphatic carbocycles. The molecule has 0 fully saturated rings. The number of rotatable bonds is 6. The monoisotopic (exact) mass is 388 g/mol. The molecule has 0 saturated heterocycles.